The molecule has 1 fully saturated rings. The summed E-state index contributed by atoms with van der Waals surface area (Å²) in [6.07, 6.45) is 3.52. The van der Waals surface area contributed by atoms with Gasteiger partial charge in [0.15, 0.2) is 0 Å². The Morgan fingerprint density at radius 2 is 1.95 bits per heavy atom. The normalized spacial score (nSPS) is 17.9. The summed E-state index contributed by atoms with van der Waals surface area (Å²) in [5.41, 5.74) is 0.591. The van der Waals surface area contributed by atoms with Crippen LogP contribution in [0.15, 0.2) is 43.0 Å². The third-order valence-electron chi connectivity index (χ3n) is 4.00. The molecular formula is C16H22BrNO2. The first-order chi connectivity index (χ1) is 9.23. The van der Waals surface area contributed by atoms with Gasteiger partial charge >= 0.3 is 5.97 Å². The summed E-state index contributed by atoms with van der Waals surface area (Å²) >= 11 is 0. The minimum Gasteiger partial charge on any atom is -0.468 e. The maximum atomic E-state index is 12.3. The van der Waals surface area contributed by atoms with Crippen LogP contribution in [0.3, 0.4) is 0 Å². The van der Waals surface area contributed by atoms with Crippen molar-refractivity contribution in [3.05, 3.63) is 48.6 Å². The number of carbonyl (C=O) groups excluding carboxylic acids is 1. The summed E-state index contributed by atoms with van der Waals surface area (Å²) in [4.78, 5) is 14.6. The van der Waals surface area contributed by atoms with Crippen molar-refractivity contribution < 1.29 is 9.53 Å². The lowest BCUT2D eigenvalue weighted by Gasteiger charge is -2.39. The summed E-state index contributed by atoms with van der Waals surface area (Å²) in [5.74, 6) is -0.114. The highest BCUT2D eigenvalue weighted by atomic mass is 79.9. The van der Waals surface area contributed by atoms with Gasteiger partial charge in [-0.25, -0.2) is 0 Å². The number of hydrogen-bond acceptors (Lipinski definition) is 3. The Balaban J connectivity index is 0.00000200. The van der Waals surface area contributed by atoms with Crippen molar-refractivity contribution in [1.29, 1.82) is 0 Å². The maximum Gasteiger partial charge on any atom is 0.316 e. The number of piperidine rings is 1. The molecule has 1 heterocycles. The zero-order chi connectivity index (χ0) is 13.7. The number of esters is 1. The number of nitrogens with zero attached hydrogens (tertiary/aromatic N) is 1. The van der Waals surface area contributed by atoms with Crippen molar-refractivity contribution >= 4 is 23.0 Å². The van der Waals surface area contributed by atoms with E-state index in [1.807, 2.05) is 36.4 Å². The van der Waals surface area contributed by atoms with Crippen LogP contribution in [0.4, 0.5) is 0 Å². The van der Waals surface area contributed by atoms with Gasteiger partial charge in [-0.05, 0) is 31.5 Å². The molecule has 0 radical (unpaired) electrons. The fourth-order valence-electron chi connectivity index (χ4n) is 2.86. The number of halogens is 1. The molecule has 4 heteroatoms. The highest BCUT2D eigenvalue weighted by Crippen LogP contribution is 2.36. The molecule has 20 heavy (non-hydrogen) atoms. The summed E-state index contributed by atoms with van der Waals surface area (Å²) in [6, 6.07) is 9.99. The largest absolute Gasteiger partial charge is 0.468 e. The number of hydrogen-bond donors (Lipinski definition) is 0. The Morgan fingerprint density at radius 3 is 2.45 bits per heavy atom. The molecule has 0 unspecified atom stereocenters. The minimum absolute atomic E-state index is 0. The van der Waals surface area contributed by atoms with Gasteiger partial charge in [0.25, 0.3) is 0 Å². The molecule has 2 rings (SSSR count). The monoisotopic (exact) mass is 339 g/mol. The van der Waals surface area contributed by atoms with E-state index in [2.05, 4.69) is 11.5 Å². The van der Waals surface area contributed by atoms with Gasteiger partial charge in [0.1, 0.15) is 0 Å². The molecule has 1 aliphatic rings. The smallest absolute Gasteiger partial charge is 0.316 e. The second-order valence-corrected chi connectivity index (χ2v) is 5.03. The number of likely N-dealkylation sites (tertiary alicyclic amines) is 1. The first-order valence-electron chi connectivity index (χ1n) is 6.70. The van der Waals surface area contributed by atoms with Crippen LogP contribution in [-0.2, 0) is 14.9 Å². The number of carbonyl (C=O) groups is 1. The predicted molar refractivity (Wildman–Crippen MR) is 86.3 cm³/mol. The van der Waals surface area contributed by atoms with E-state index in [1.54, 1.807) is 0 Å². The van der Waals surface area contributed by atoms with Crippen molar-refractivity contribution in [1.82, 2.24) is 4.90 Å². The number of benzene rings is 1. The lowest BCUT2D eigenvalue weighted by atomic mass is 9.72. The molecule has 110 valence electrons. The van der Waals surface area contributed by atoms with Gasteiger partial charge in [-0.1, -0.05) is 36.4 Å². The number of rotatable bonds is 4. The SMILES string of the molecule is Br.C=CCN1CCC(C(=O)OC)(c2ccccc2)CC1. The molecule has 0 bridgehead atoms. The van der Waals surface area contributed by atoms with Gasteiger partial charge in [-0.3, -0.25) is 9.69 Å². The van der Waals surface area contributed by atoms with Crippen LogP contribution in [0.25, 0.3) is 0 Å². The summed E-state index contributed by atoms with van der Waals surface area (Å²) in [7, 11) is 1.48. The maximum absolute atomic E-state index is 12.3. The van der Waals surface area contributed by atoms with Gasteiger partial charge in [-0.15, -0.1) is 23.6 Å². The molecule has 1 aliphatic heterocycles. The van der Waals surface area contributed by atoms with Crippen molar-refractivity contribution in [3.63, 3.8) is 0 Å². The van der Waals surface area contributed by atoms with Gasteiger partial charge in [-0.2, -0.15) is 0 Å². The van der Waals surface area contributed by atoms with Crippen LogP contribution in [0.5, 0.6) is 0 Å². The zero-order valence-electron chi connectivity index (χ0n) is 11.9. The average molecular weight is 340 g/mol. The van der Waals surface area contributed by atoms with Crippen LogP contribution in [0.1, 0.15) is 18.4 Å². The highest BCUT2D eigenvalue weighted by molar-refractivity contribution is 8.93. The van der Waals surface area contributed by atoms with E-state index >= 15 is 0 Å². The molecule has 1 saturated heterocycles. The molecule has 0 N–H and O–H groups in total. The standard InChI is InChI=1S/C16H21NO2.BrH/c1-3-11-17-12-9-16(10-13-17,15(18)19-2)14-7-5-4-6-8-14;/h3-8H,1,9-13H2,2H3;1H. The predicted octanol–water partition coefficient (Wildman–Crippen LogP) is 2.96. The molecule has 0 aliphatic carbocycles. The topological polar surface area (TPSA) is 29.5 Å². The number of methoxy groups -OCH3 is 1. The molecule has 1 aromatic rings. The molecule has 0 amide bonds. The third-order valence-corrected chi connectivity index (χ3v) is 4.00. The van der Waals surface area contributed by atoms with Gasteiger partial charge in [0.05, 0.1) is 12.5 Å². The fourth-order valence-corrected chi connectivity index (χ4v) is 2.86. The molecule has 3 nitrogen and oxygen atoms in total. The van der Waals surface area contributed by atoms with Gasteiger partial charge in [0.2, 0.25) is 0 Å². The van der Waals surface area contributed by atoms with E-state index in [0.717, 1.165) is 38.0 Å². The summed E-state index contributed by atoms with van der Waals surface area (Å²) in [6.45, 7) is 6.45. The number of ether oxygens (including phenoxy) is 1. The second kappa shape index (κ2) is 7.60. The van der Waals surface area contributed by atoms with E-state index in [4.69, 9.17) is 4.74 Å². The van der Waals surface area contributed by atoms with E-state index in [0.29, 0.717) is 0 Å². The Bertz CT molecular complexity index is 439. The Kier molecular flexibility index (Phi) is 6.43. The Labute approximate surface area is 131 Å². The molecule has 0 atom stereocenters. The zero-order valence-corrected chi connectivity index (χ0v) is 13.6. The van der Waals surface area contributed by atoms with Crippen molar-refractivity contribution in [2.75, 3.05) is 26.7 Å². The van der Waals surface area contributed by atoms with Crippen LogP contribution in [0, 0.1) is 0 Å². The van der Waals surface area contributed by atoms with Crippen LogP contribution >= 0.6 is 17.0 Å². The summed E-state index contributed by atoms with van der Waals surface area (Å²) in [5, 5.41) is 0. The lowest BCUT2D eigenvalue weighted by molar-refractivity contribution is -0.149. The van der Waals surface area contributed by atoms with E-state index in [1.165, 1.54) is 7.11 Å². The molecular weight excluding hydrogens is 318 g/mol. The van der Waals surface area contributed by atoms with Crippen LogP contribution in [0.2, 0.25) is 0 Å². The van der Waals surface area contributed by atoms with E-state index in [9.17, 15) is 4.79 Å². The Hall–Kier alpha value is -1.13. The molecule has 0 spiro atoms. The summed E-state index contributed by atoms with van der Waals surface area (Å²) < 4.78 is 5.07. The van der Waals surface area contributed by atoms with E-state index < -0.39 is 5.41 Å². The highest BCUT2D eigenvalue weighted by Gasteiger charge is 2.43. The minimum atomic E-state index is -0.478. The van der Waals surface area contributed by atoms with Crippen molar-refractivity contribution in [2.45, 2.75) is 18.3 Å². The lowest BCUT2D eigenvalue weighted by Crippen LogP contribution is -2.47. The second-order valence-electron chi connectivity index (χ2n) is 5.03. The Morgan fingerprint density at radius 1 is 1.35 bits per heavy atom. The first kappa shape index (κ1) is 16.9. The quantitative estimate of drug-likeness (QED) is 0.623. The average Bonchev–Trinajstić information content (AvgIpc) is 2.48. The van der Waals surface area contributed by atoms with E-state index in [-0.39, 0.29) is 23.0 Å². The fraction of sp³-hybridized carbons (Fsp3) is 0.438. The van der Waals surface area contributed by atoms with Gasteiger partial charge < -0.3 is 4.74 Å². The van der Waals surface area contributed by atoms with Gasteiger partial charge in [0, 0.05) is 6.54 Å². The van der Waals surface area contributed by atoms with Crippen molar-refractivity contribution in [2.24, 2.45) is 0 Å². The molecule has 1 aromatic carbocycles. The van der Waals surface area contributed by atoms with Crippen molar-refractivity contribution in [3.8, 4) is 0 Å². The third kappa shape index (κ3) is 3.30. The molecule has 0 aromatic heterocycles. The van der Waals surface area contributed by atoms with Crippen LogP contribution in [-0.4, -0.2) is 37.6 Å². The molecule has 0 saturated carbocycles. The first-order valence-corrected chi connectivity index (χ1v) is 6.70. The van der Waals surface area contributed by atoms with Crippen LogP contribution < -0.4 is 0 Å².